The maximum atomic E-state index is 13.0. The molecule has 0 aliphatic carbocycles. The molecule has 1 aromatic heterocycles. The second kappa shape index (κ2) is 14.2. The summed E-state index contributed by atoms with van der Waals surface area (Å²) in [5.41, 5.74) is 12.9. The molecule has 2 rings (SSSR count). The molecule has 198 valence electrons. The molecule has 36 heavy (non-hydrogen) atoms. The van der Waals surface area contributed by atoms with Crippen LogP contribution in [0.5, 0.6) is 0 Å². The molecule has 0 radical (unpaired) electrons. The lowest BCUT2D eigenvalue weighted by Gasteiger charge is -2.23. The molecule has 1 heterocycles. The summed E-state index contributed by atoms with van der Waals surface area (Å²) in [6.45, 7) is 3.94. The molecule has 3 atom stereocenters. The molecule has 11 nitrogen and oxygen atoms in total. The van der Waals surface area contributed by atoms with Crippen molar-refractivity contribution in [1.82, 2.24) is 20.9 Å². The summed E-state index contributed by atoms with van der Waals surface area (Å²) in [5, 5.41) is 18.3. The normalized spacial score (nSPS) is 13.7. The van der Waals surface area contributed by atoms with E-state index in [0.29, 0.717) is 25.8 Å². The number of hydrogen-bond acceptors (Lipinski definition) is 6. The van der Waals surface area contributed by atoms with Gasteiger partial charge in [0.1, 0.15) is 12.1 Å². The van der Waals surface area contributed by atoms with Crippen LogP contribution >= 0.6 is 0 Å². The number of hydrogen-bond donors (Lipinski definition) is 7. The van der Waals surface area contributed by atoms with Gasteiger partial charge in [-0.3, -0.25) is 14.4 Å². The number of aromatic amines is 1. The lowest BCUT2D eigenvalue weighted by Crippen LogP contribution is -2.54. The number of carbonyl (C=O) groups is 4. The number of unbranched alkanes of at least 4 members (excludes halogenated alkanes) is 1. The summed E-state index contributed by atoms with van der Waals surface area (Å²) >= 11 is 0. The SMILES string of the molecule is CC(C)CC(NC(=O)CNC(=O)C(N)CCCCN)C(=O)NC(Cc1c[nH]c2ccccc12)C(=O)O. The molecule has 0 bridgehead atoms. The zero-order valence-corrected chi connectivity index (χ0v) is 20.9. The Labute approximate surface area is 210 Å². The van der Waals surface area contributed by atoms with Gasteiger partial charge >= 0.3 is 5.97 Å². The van der Waals surface area contributed by atoms with E-state index >= 15 is 0 Å². The summed E-state index contributed by atoms with van der Waals surface area (Å²) in [4.78, 5) is 52.6. The highest BCUT2D eigenvalue weighted by atomic mass is 16.4. The quantitative estimate of drug-likeness (QED) is 0.171. The minimum absolute atomic E-state index is 0.0449. The van der Waals surface area contributed by atoms with Crippen LogP contribution in [-0.4, -0.2) is 65.0 Å². The first kappa shape index (κ1) is 28.8. The number of nitrogens with two attached hydrogens (primary N) is 2. The third-order valence-corrected chi connectivity index (χ3v) is 5.80. The monoisotopic (exact) mass is 502 g/mol. The van der Waals surface area contributed by atoms with E-state index in [2.05, 4.69) is 20.9 Å². The summed E-state index contributed by atoms with van der Waals surface area (Å²) in [6, 6.07) is 4.59. The van der Waals surface area contributed by atoms with Gasteiger partial charge in [-0.05, 0) is 43.4 Å². The van der Waals surface area contributed by atoms with Crippen LogP contribution in [-0.2, 0) is 25.6 Å². The Morgan fingerprint density at radius 3 is 2.42 bits per heavy atom. The lowest BCUT2D eigenvalue weighted by molar-refractivity contribution is -0.142. The predicted molar refractivity (Wildman–Crippen MR) is 137 cm³/mol. The van der Waals surface area contributed by atoms with Crippen LogP contribution in [0.3, 0.4) is 0 Å². The number of aliphatic carboxylic acids is 1. The van der Waals surface area contributed by atoms with Gasteiger partial charge in [-0.25, -0.2) is 4.79 Å². The third kappa shape index (κ3) is 8.97. The summed E-state index contributed by atoms with van der Waals surface area (Å²) in [6.07, 6.45) is 4.01. The molecule has 0 aliphatic rings. The standard InChI is InChI=1S/C25H38N6O5/c1-15(2)11-20(30-22(32)14-29-23(33)18(27)8-5-6-10-26)24(34)31-21(25(35)36)12-16-13-28-19-9-4-3-7-17(16)19/h3-4,7,9,13,15,18,20-21,28H,5-6,8,10-12,14,26-27H2,1-2H3,(H,29,33)(H,30,32)(H,31,34)(H,35,36). The van der Waals surface area contributed by atoms with E-state index in [1.54, 1.807) is 6.20 Å². The Kier molecular flexibility index (Phi) is 11.4. The maximum Gasteiger partial charge on any atom is 0.326 e. The lowest BCUT2D eigenvalue weighted by atomic mass is 10.0. The number of carboxylic acids is 1. The Balaban J connectivity index is 1.98. The second-order valence-corrected chi connectivity index (χ2v) is 9.32. The fraction of sp³-hybridized carbons (Fsp3) is 0.520. The van der Waals surface area contributed by atoms with E-state index in [1.807, 2.05) is 38.1 Å². The molecule has 9 N–H and O–H groups in total. The first-order chi connectivity index (χ1) is 17.1. The van der Waals surface area contributed by atoms with E-state index in [1.165, 1.54) is 0 Å². The van der Waals surface area contributed by atoms with E-state index in [-0.39, 0.29) is 18.9 Å². The zero-order valence-electron chi connectivity index (χ0n) is 20.9. The number of rotatable bonds is 15. The number of carbonyl (C=O) groups excluding carboxylic acids is 3. The van der Waals surface area contributed by atoms with Gasteiger partial charge < -0.3 is 37.5 Å². The summed E-state index contributed by atoms with van der Waals surface area (Å²) in [5.74, 6) is -2.77. The molecule has 3 unspecified atom stereocenters. The van der Waals surface area contributed by atoms with Crippen molar-refractivity contribution in [1.29, 1.82) is 0 Å². The minimum atomic E-state index is -1.19. The summed E-state index contributed by atoms with van der Waals surface area (Å²) in [7, 11) is 0. The van der Waals surface area contributed by atoms with Crippen molar-refractivity contribution in [3.05, 3.63) is 36.0 Å². The van der Waals surface area contributed by atoms with Crippen molar-refractivity contribution in [2.75, 3.05) is 13.1 Å². The first-order valence-electron chi connectivity index (χ1n) is 12.2. The number of amides is 3. The Bertz CT molecular complexity index is 1040. The number of para-hydroxylation sites is 1. The van der Waals surface area contributed by atoms with Crippen LogP contribution in [0.4, 0.5) is 0 Å². The van der Waals surface area contributed by atoms with Crippen LogP contribution in [0.25, 0.3) is 10.9 Å². The van der Waals surface area contributed by atoms with Gasteiger partial charge in [-0.15, -0.1) is 0 Å². The van der Waals surface area contributed by atoms with E-state index in [0.717, 1.165) is 22.9 Å². The number of nitrogens with one attached hydrogen (secondary N) is 4. The van der Waals surface area contributed by atoms with Crippen molar-refractivity contribution >= 4 is 34.6 Å². The number of carboxylic acid groups (broad SMARTS) is 1. The molecule has 0 saturated carbocycles. The third-order valence-electron chi connectivity index (χ3n) is 5.80. The van der Waals surface area contributed by atoms with Gasteiger partial charge in [0.15, 0.2) is 0 Å². The molecule has 3 amide bonds. The zero-order chi connectivity index (χ0) is 26.7. The molecule has 0 fully saturated rings. The van der Waals surface area contributed by atoms with Gasteiger partial charge in [-0.2, -0.15) is 0 Å². The molecule has 0 saturated heterocycles. The van der Waals surface area contributed by atoms with Crippen molar-refractivity contribution in [2.24, 2.45) is 17.4 Å². The average Bonchev–Trinajstić information content (AvgIpc) is 3.24. The molecule has 1 aromatic carbocycles. The number of H-pyrrole nitrogens is 1. The Morgan fingerprint density at radius 2 is 1.75 bits per heavy atom. The van der Waals surface area contributed by atoms with Gasteiger partial charge in [0, 0.05) is 23.5 Å². The fourth-order valence-corrected chi connectivity index (χ4v) is 3.88. The number of aromatic nitrogens is 1. The number of fused-ring (bicyclic) bond motifs is 1. The largest absolute Gasteiger partial charge is 0.480 e. The highest BCUT2D eigenvalue weighted by Crippen LogP contribution is 2.19. The van der Waals surface area contributed by atoms with Crippen LogP contribution in [0.1, 0.15) is 45.1 Å². The van der Waals surface area contributed by atoms with Crippen LogP contribution in [0.2, 0.25) is 0 Å². The maximum absolute atomic E-state index is 13.0. The minimum Gasteiger partial charge on any atom is -0.480 e. The molecule has 2 aromatic rings. The molecule has 11 heteroatoms. The highest BCUT2D eigenvalue weighted by molar-refractivity contribution is 5.93. The van der Waals surface area contributed by atoms with E-state index in [9.17, 15) is 24.3 Å². The molecular formula is C25H38N6O5. The molecule has 0 spiro atoms. The fourth-order valence-electron chi connectivity index (χ4n) is 3.88. The second-order valence-electron chi connectivity index (χ2n) is 9.32. The smallest absolute Gasteiger partial charge is 0.326 e. The Hall–Kier alpha value is -3.44. The van der Waals surface area contributed by atoms with Crippen molar-refractivity contribution in [3.8, 4) is 0 Å². The van der Waals surface area contributed by atoms with Crippen molar-refractivity contribution in [2.45, 2.75) is 64.1 Å². The van der Waals surface area contributed by atoms with Gasteiger partial charge in [0.2, 0.25) is 17.7 Å². The number of benzene rings is 1. The van der Waals surface area contributed by atoms with Crippen LogP contribution in [0, 0.1) is 5.92 Å². The molecule has 0 aliphatic heterocycles. The average molecular weight is 503 g/mol. The first-order valence-corrected chi connectivity index (χ1v) is 12.2. The van der Waals surface area contributed by atoms with Crippen molar-refractivity contribution in [3.63, 3.8) is 0 Å². The highest BCUT2D eigenvalue weighted by Gasteiger charge is 2.28. The van der Waals surface area contributed by atoms with Gasteiger partial charge in [0.05, 0.1) is 12.6 Å². The van der Waals surface area contributed by atoms with Gasteiger partial charge in [-0.1, -0.05) is 38.5 Å². The van der Waals surface area contributed by atoms with Crippen LogP contribution in [0.15, 0.2) is 30.5 Å². The van der Waals surface area contributed by atoms with Crippen molar-refractivity contribution < 1.29 is 24.3 Å². The van der Waals surface area contributed by atoms with Crippen LogP contribution < -0.4 is 27.4 Å². The van der Waals surface area contributed by atoms with E-state index in [4.69, 9.17) is 11.5 Å². The van der Waals surface area contributed by atoms with E-state index < -0.39 is 41.8 Å². The van der Waals surface area contributed by atoms with Gasteiger partial charge in [0.25, 0.3) is 0 Å². The summed E-state index contributed by atoms with van der Waals surface area (Å²) < 4.78 is 0. The Morgan fingerprint density at radius 1 is 1.03 bits per heavy atom. The predicted octanol–water partition coefficient (Wildman–Crippen LogP) is 0.383. The molecular weight excluding hydrogens is 464 g/mol. The topological polar surface area (TPSA) is 192 Å².